The number of hydrogen-bond donors (Lipinski definition) is 0. The molecular formula is C16H18BrN3S. The van der Waals surface area contributed by atoms with Crippen molar-refractivity contribution in [3.05, 3.63) is 38.9 Å². The molecule has 0 unspecified atom stereocenters. The van der Waals surface area contributed by atoms with Gasteiger partial charge in [-0.05, 0) is 31.7 Å². The summed E-state index contributed by atoms with van der Waals surface area (Å²) in [6.45, 7) is 0. The fourth-order valence-corrected chi connectivity index (χ4v) is 3.88. The molecule has 5 heteroatoms. The lowest BCUT2D eigenvalue weighted by Crippen LogP contribution is -2.15. The van der Waals surface area contributed by atoms with Gasteiger partial charge in [0.1, 0.15) is 0 Å². The number of hydrogen-bond acceptors (Lipinski definition) is 3. The SMILES string of the molecule is CN=c1scc(-c2ccccc2Br)n1N=C1CCCCC1. The second-order valence-electron chi connectivity index (χ2n) is 5.15. The van der Waals surface area contributed by atoms with Crippen LogP contribution in [-0.4, -0.2) is 17.4 Å². The quantitative estimate of drug-likeness (QED) is 0.741. The number of rotatable bonds is 2. The Kier molecular flexibility index (Phi) is 4.70. The summed E-state index contributed by atoms with van der Waals surface area (Å²) in [5.41, 5.74) is 3.55. The first kappa shape index (κ1) is 14.7. The van der Waals surface area contributed by atoms with Gasteiger partial charge in [-0.2, -0.15) is 5.10 Å². The summed E-state index contributed by atoms with van der Waals surface area (Å²) >= 11 is 5.27. The molecule has 1 aromatic carbocycles. The van der Waals surface area contributed by atoms with Crippen LogP contribution in [0.5, 0.6) is 0 Å². The molecular weight excluding hydrogens is 346 g/mol. The minimum Gasteiger partial charge on any atom is -0.261 e. The summed E-state index contributed by atoms with van der Waals surface area (Å²) in [6, 6.07) is 8.26. The molecule has 0 atom stereocenters. The van der Waals surface area contributed by atoms with Gasteiger partial charge >= 0.3 is 0 Å². The first-order valence-corrected chi connectivity index (χ1v) is 8.92. The van der Waals surface area contributed by atoms with E-state index in [-0.39, 0.29) is 0 Å². The Labute approximate surface area is 137 Å². The molecule has 0 spiro atoms. The molecule has 3 nitrogen and oxygen atoms in total. The van der Waals surface area contributed by atoms with Gasteiger partial charge in [0.05, 0.1) is 5.69 Å². The van der Waals surface area contributed by atoms with Crippen LogP contribution in [0.4, 0.5) is 0 Å². The Hall–Kier alpha value is -1.20. The van der Waals surface area contributed by atoms with Crippen molar-refractivity contribution in [3.63, 3.8) is 0 Å². The van der Waals surface area contributed by atoms with Crippen LogP contribution in [0.3, 0.4) is 0 Å². The Morgan fingerprint density at radius 1 is 1.14 bits per heavy atom. The number of nitrogens with zero attached hydrogens (tertiary/aromatic N) is 3. The highest BCUT2D eigenvalue weighted by Gasteiger charge is 2.12. The molecule has 0 amide bonds. The molecule has 2 aromatic rings. The molecule has 0 aliphatic heterocycles. The van der Waals surface area contributed by atoms with Crippen molar-refractivity contribution in [1.82, 2.24) is 4.68 Å². The zero-order valence-electron chi connectivity index (χ0n) is 12.1. The third-order valence-electron chi connectivity index (χ3n) is 3.70. The summed E-state index contributed by atoms with van der Waals surface area (Å²) in [5, 5.41) is 7.03. The standard InChI is InChI=1S/C16H18BrN3S/c1-18-16-20(19-12-7-3-2-4-8-12)15(11-21-16)13-9-5-6-10-14(13)17/h5-6,9-11H,2-4,7-8H2,1H3. The fraction of sp³-hybridized carbons (Fsp3) is 0.375. The maximum absolute atomic E-state index is 4.90. The highest BCUT2D eigenvalue weighted by molar-refractivity contribution is 9.10. The first-order chi connectivity index (χ1) is 10.3. The Bertz CT molecular complexity index is 719. The highest BCUT2D eigenvalue weighted by atomic mass is 79.9. The van der Waals surface area contributed by atoms with Gasteiger partial charge in [-0.3, -0.25) is 4.99 Å². The van der Waals surface area contributed by atoms with E-state index in [4.69, 9.17) is 5.10 Å². The van der Waals surface area contributed by atoms with Crippen molar-refractivity contribution >= 4 is 33.0 Å². The fourth-order valence-electron chi connectivity index (χ4n) is 2.60. The van der Waals surface area contributed by atoms with Crippen molar-refractivity contribution in [2.75, 3.05) is 7.05 Å². The van der Waals surface area contributed by atoms with Crippen LogP contribution < -0.4 is 4.80 Å². The lowest BCUT2D eigenvalue weighted by molar-refractivity contribution is 0.655. The Morgan fingerprint density at radius 2 is 1.90 bits per heavy atom. The second kappa shape index (κ2) is 6.71. The molecule has 1 aliphatic rings. The van der Waals surface area contributed by atoms with Crippen molar-refractivity contribution < 1.29 is 0 Å². The van der Waals surface area contributed by atoms with Crippen LogP contribution in [0.25, 0.3) is 11.3 Å². The molecule has 1 fully saturated rings. The van der Waals surface area contributed by atoms with Gasteiger partial charge in [0.2, 0.25) is 4.80 Å². The minimum atomic E-state index is 0.943. The smallest absolute Gasteiger partial charge is 0.205 e. The van der Waals surface area contributed by atoms with Gasteiger partial charge in [-0.1, -0.05) is 40.5 Å². The number of halogens is 1. The molecule has 0 radical (unpaired) electrons. The maximum Gasteiger partial charge on any atom is 0.205 e. The zero-order valence-corrected chi connectivity index (χ0v) is 14.5. The largest absolute Gasteiger partial charge is 0.261 e. The summed E-state index contributed by atoms with van der Waals surface area (Å²) in [5.74, 6) is 0. The molecule has 1 heterocycles. The topological polar surface area (TPSA) is 29.6 Å². The Balaban J connectivity index is 2.11. The molecule has 0 N–H and O–H groups in total. The van der Waals surface area contributed by atoms with Gasteiger partial charge in [-0.15, -0.1) is 11.3 Å². The predicted molar refractivity (Wildman–Crippen MR) is 92.9 cm³/mol. The third-order valence-corrected chi connectivity index (χ3v) is 5.30. The van der Waals surface area contributed by atoms with Gasteiger partial charge in [0, 0.05) is 28.2 Å². The molecule has 21 heavy (non-hydrogen) atoms. The van der Waals surface area contributed by atoms with Crippen molar-refractivity contribution in [1.29, 1.82) is 0 Å². The van der Waals surface area contributed by atoms with Crippen LogP contribution >= 0.6 is 27.3 Å². The van der Waals surface area contributed by atoms with E-state index in [1.54, 1.807) is 11.3 Å². The second-order valence-corrected chi connectivity index (χ2v) is 6.84. The summed E-state index contributed by atoms with van der Waals surface area (Å²) in [7, 11) is 1.83. The van der Waals surface area contributed by atoms with Crippen LogP contribution in [0.1, 0.15) is 32.1 Å². The molecule has 1 aromatic heterocycles. The molecule has 0 saturated heterocycles. The van der Waals surface area contributed by atoms with Crippen molar-refractivity contribution in [2.45, 2.75) is 32.1 Å². The highest BCUT2D eigenvalue weighted by Crippen LogP contribution is 2.28. The minimum absolute atomic E-state index is 0.943. The maximum atomic E-state index is 4.90. The normalized spacial score (nSPS) is 16.3. The Morgan fingerprint density at radius 3 is 2.62 bits per heavy atom. The van der Waals surface area contributed by atoms with Crippen molar-refractivity contribution in [3.8, 4) is 11.3 Å². The molecule has 3 rings (SSSR count). The number of benzene rings is 1. The van der Waals surface area contributed by atoms with E-state index >= 15 is 0 Å². The predicted octanol–water partition coefficient (Wildman–Crippen LogP) is 4.68. The van der Waals surface area contributed by atoms with Crippen LogP contribution in [0.2, 0.25) is 0 Å². The lowest BCUT2D eigenvalue weighted by Gasteiger charge is -2.13. The molecule has 1 saturated carbocycles. The summed E-state index contributed by atoms with van der Waals surface area (Å²) in [6.07, 6.45) is 6.07. The average molecular weight is 364 g/mol. The van der Waals surface area contributed by atoms with E-state index in [0.29, 0.717) is 0 Å². The lowest BCUT2D eigenvalue weighted by atomic mass is 9.99. The van der Waals surface area contributed by atoms with E-state index in [1.807, 2.05) is 17.8 Å². The molecule has 0 bridgehead atoms. The van der Waals surface area contributed by atoms with Gasteiger partial charge in [-0.25, -0.2) is 4.68 Å². The summed E-state index contributed by atoms with van der Waals surface area (Å²) in [4.78, 5) is 5.31. The van der Waals surface area contributed by atoms with E-state index in [0.717, 1.165) is 33.4 Å². The molecule has 1 aliphatic carbocycles. The molecule has 110 valence electrons. The van der Waals surface area contributed by atoms with Crippen LogP contribution in [0.15, 0.2) is 44.2 Å². The number of aromatic nitrogens is 1. The van der Waals surface area contributed by atoms with Crippen LogP contribution in [0, 0.1) is 0 Å². The van der Waals surface area contributed by atoms with Gasteiger partial charge in [0.25, 0.3) is 0 Å². The van der Waals surface area contributed by atoms with Crippen LogP contribution in [-0.2, 0) is 0 Å². The van der Waals surface area contributed by atoms with E-state index < -0.39 is 0 Å². The van der Waals surface area contributed by atoms with Gasteiger partial charge < -0.3 is 0 Å². The zero-order chi connectivity index (χ0) is 14.7. The first-order valence-electron chi connectivity index (χ1n) is 7.24. The monoisotopic (exact) mass is 363 g/mol. The van der Waals surface area contributed by atoms with E-state index in [2.05, 4.69) is 44.5 Å². The van der Waals surface area contributed by atoms with E-state index in [9.17, 15) is 0 Å². The summed E-state index contributed by atoms with van der Waals surface area (Å²) < 4.78 is 3.09. The van der Waals surface area contributed by atoms with E-state index in [1.165, 1.54) is 25.0 Å². The van der Waals surface area contributed by atoms with Gasteiger partial charge in [0.15, 0.2) is 0 Å². The van der Waals surface area contributed by atoms with Crippen molar-refractivity contribution in [2.24, 2.45) is 10.1 Å². The average Bonchev–Trinajstić information content (AvgIpc) is 2.91. The third kappa shape index (κ3) is 3.19. The number of thiazole rings is 1.